The van der Waals surface area contributed by atoms with Crippen LogP contribution in [0.5, 0.6) is 0 Å². The van der Waals surface area contributed by atoms with Gasteiger partial charge in [-0.2, -0.15) is 13.2 Å². The Morgan fingerprint density at radius 2 is 1.86 bits per heavy atom. The normalized spacial score (nSPS) is 17.9. The standard InChI is InChI=1S/C14H17ClF4N2.ClH/c1-9-2-3-10(16)12(13(9)15)11(8-14(17,18)19)21-6-4-20-5-7-21;/h2-3,11,20H,4-8H2,1H3;1H/t11-;/m0./s1. The topological polar surface area (TPSA) is 15.3 Å². The van der Waals surface area contributed by atoms with Gasteiger partial charge in [0.1, 0.15) is 5.82 Å². The van der Waals surface area contributed by atoms with Crippen LogP contribution in [0.25, 0.3) is 0 Å². The number of halogens is 6. The summed E-state index contributed by atoms with van der Waals surface area (Å²) in [6.45, 7) is 3.70. The first-order valence-electron chi connectivity index (χ1n) is 6.75. The summed E-state index contributed by atoms with van der Waals surface area (Å²) in [5.74, 6) is -0.682. The van der Waals surface area contributed by atoms with Crippen LogP contribution in [0.3, 0.4) is 0 Å². The van der Waals surface area contributed by atoms with Crippen LogP contribution in [-0.2, 0) is 0 Å². The van der Waals surface area contributed by atoms with E-state index in [1.165, 1.54) is 12.1 Å². The summed E-state index contributed by atoms with van der Waals surface area (Å²) >= 11 is 6.09. The molecular formula is C14H18Cl2F4N2. The van der Waals surface area contributed by atoms with Gasteiger partial charge in [-0.25, -0.2) is 4.39 Å². The first kappa shape index (κ1) is 19.5. The Labute approximate surface area is 138 Å². The third kappa shape index (κ3) is 4.72. The van der Waals surface area contributed by atoms with E-state index >= 15 is 0 Å². The molecule has 0 spiro atoms. The summed E-state index contributed by atoms with van der Waals surface area (Å²) < 4.78 is 52.8. The van der Waals surface area contributed by atoms with Gasteiger partial charge in [0.15, 0.2) is 0 Å². The van der Waals surface area contributed by atoms with E-state index in [0.29, 0.717) is 31.7 Å². The molecule has 2 rings (SSSR count). The van der Waals surface area contributed by atoms with Crippen LogP contribution in [0.1, 0.15) is 23.6 Å². The smallest absolute Gasteiger partial charge is 0.314 e. The minimum Gasteiger partial charge on any atom is -0.314 e. The van der Waals surface area contributed by atoms with Crippen molar-refractivity contribution in [2.45, 2.75) is 25.6 Å². The quantitative estimate of drug-likeness (QED) is 0.816. The van der Waals surface area contributed by atoms with Gasteiger partial charge in [-0.3, -0.25) is 4.90 Å². The maximum atomic E-state index is 14.1. The van der Waals surface area contributed by atoms with E-state index < -0.39 is 24.5 Å². The van der Waals surface area contributed by atoms with E-state index in [1.807, 2.05) is 0 Å². The van der Waals surface area contributed by atoms with Gasteiger partial charge >= 0.3 is 6.18 Å². The summed E-state index contributed by atoms with van der Waals surface area (Å²) in [6, 6.07) is 1.57. The molecule has 2 nitrogen and oxygen atoms in total. The predicted molar refractivity (Wildman–Crippen MR) is 81.3 cm³/mol. The summed E-state index contributed by atoms with van der Waals surface area (Å²) in [5.41, 5.74) is 0.534. The fraction of sp³-hybridized carbons (Fsp3) is 0.571. The van der Waals surface area contributed by atoms with Crippen molar-refractivity contribution in [3.8, 4) is 0 Å². The molecule has 1 saturated heterocycles. The van der Waals surface area contributed by atoms with Crippen molar-refractivity contribution in [1.82, 2.24) is 10.2 Å². The molecule has 0 radical (unpaired) electrons. The highest BCUT2D eigenvalue weighted by Gasteiger charge is 2.38. The molecule has 8 heteroatoms. The van der Waals surface area contributed by atoms with E-state index in [0.717, 1.165) is 0 Å². The van der Waals surface area contributed by atoms with Crippen LogP contribution < -0.4 is 5.32 Å². The van der Waals surface area contributed by atoms with E-state index in [-0.39, 0.29) is 23.0 Å². The molecule has 1 aromatic rings. The van der Waals surface area contributed by atoms with Crippen molar-refractivity contribution in [2.75, 3.05) is 26.2 Å². The van der Waals surface area contributed by atoms with Crippen molar-refractivity contribution >= 4 is 24.0 Å². The van der Waals surface area contributed by atoms with Crippen molar-refractivity contribution in [1.29, 1.82) is 0 Å². The Morgan fingerprint density at radius 1 is 1.27 bits per heavy atom. The second kappa shape index (κ2) is 7.81. The van der Waals surface area contributed by atoms with Gasteiger partial charge in [-0.05, 0) is 18.6 Å². The third-order valence-corrected chi connectivity index (χ3v) is 4.17. The molecule has 1 aliphatic heterocycles. The third-order valence-electron chi connectivity index (χ3n) is 3.67. The fourth-order valence-electron chi connectivity index (χ4n) is 2.61. The molecule has 1 N–H and O–H groups in total. The lowest BCUT2D eigenvalue weighted by Crippen LogP contribution is -2.46. The highest BCUT2D eigenvalue weighted by Crippen LogP contribution is 2.39. The minimum atomic E-state index is -4.38. The first-order valence-corrected chi connectivity index (χ1v) is 7.13. The van der Waals surface area contributed by atoms with Crippen LogP contribution in [-0.4, -0.2) is 37.3 Å². The number of hydrogen-bond acceptors (Lipinski definition) is 2. The molecule has 0 unspecified atom stereocenters. The number of nitrogens with one attached hydrogen (secondary N) is 1. The van der Waals surface area contributed by atoms with E-state index in [2.05, 4.69) is 5.32 Å². The van der Waals surface area contributed by atoms with Gasteiger partial charge in [-0.1, -0.05) is 17.7 Å². The number of benzene rings is 1. The zero-order valence-electron chi connectivity index (χ0n) is 12.0. The number of nitrogens with zero attached hydrogens (tertiary/aromatic N) is 1. The molecule has 0 saturated carbocycles. The van der Waals surface area contributed by atoms with Gasteiger partial charge in [-0.15, -0.1) is 12.4 Å². The van der Waals surface area contributed by atoms with Gasteiger partial charge in [0.05, 0.1) is 11.4 Å². The summed E-state index contributed by atoms with van der Waals surface area (Å²) in [4.78, 5) is 1.65. The molecule has 0 bridgehead atoms. The minimum absolute atomic E-state index is 0. The molecule has 1 aliphatic rings. The molecule has 1 atom stereocenters. The van der Waals surface area contributed by atoms with Crippen LogP contribution in [0, 0.1) is 12.7 Å². The molecule has 0 aliphatic carbocycles. The van der Waals surface area contributed by atoms with Crippen molar-refractivity contribution in [2.24, 2.45) is 0 Å². The summed E-state index contributed by atoms with van der Waals surface area (Å²) in [6.07, 6.45) is -5.48. The Bertz CT molecular complexity index is 502. The molecule has 0 amide bonds. The first-order chi connectivity index (χ1) is 9.79. The summed E-state index contributed by atoms with van der Waals surface area (Å²) in [7, 11) is 0. The SMILES string of the molecule is Cc1ccc(F)c([C@H](CC(F)(F)F)N2CCNCC2)c1Cl.Cl. The van der Waals surface area contributed by atoms with Crippen LogP contribution in [0.15, 0.2) is 12.1 Å². The average molecular weight is 361 g/mol. The lowest BCUT2D eigenvalue weighted by Gasteiger charge is -2.36. The van der Waals surface area contributed by atoms with Gasteiger partial charge < -0.3 is 5.32 Å². The lowest BCUT2D eigenvalue weighted by atomic mass is 9.98. The highest BCUT2D eigenvalue weighted by atomic mass is 35.5. The number of rotatable bonds is 3. The zero-order chi connectivity index (χ0) is 15.6. The molecule has 1 fully saturated rings. The van der Waals surface area contributed by atoms with E-state index in [1.54, 1.807) is 11.8 Å². The van der Waals surface area contributed by atoms with Crippen LogP contribution in [0.2, 0.25) is 5.02 Å². The van der Waals surface area contributed by atoms with Crippen molar-refractivity contribution < 1.29 is 17.6 Å². The average Bonchev–Trinajstić information content (AvgIpc) is 2.42. The Hall–Kier alpha value is -0.560. The van der Waals surface area contributed by atoms with Crippen LogP contribution >= 0.6 is 24.0 Å². The zero-order valence-corrected chi connectivity index (χ0v) is 13.6. The Balaban J connectivity index is 0.00000242. The molecule has 1 aromatic carbocycles. The number of piperazine rings is 1. The van der Waals surface area contributed by atoms with E-state index in [9.17, 15) is 17.6 Å². The highest BCUT2D eigenvalue weighted by molar-refractivity contribution is 6.32. The predicted octanol–water partition coefficient (Wildman–Crippen LogP) is 4.11. The molecule has 0 aromatic heterocycles. The largest absolute Gasteiger partial charge is 0.390 e. The van der Waals surface area contributed by atoms with Crippen LogP contribution in [0.4, 0.5) is 17.6 Å². The van der Waals surface area contributed by atoms with Crippen molar-refractivity contribution in [3.63, 3.8) is 0 Å². The fourth-order valence-corrected chi connectivity index (χ4v) is 2.89. The monoisotopic (exact) mass is 360 g/mol. The van der Waals surface area contributed by atoms with Gasteiger partial charge in [0.25, 0.3) is 0 Å². The van der Waals surface area contributed by atoms with E-state index in [4.69, 9.17) is 11.6 Å². The van der Waals surface area contributed by atoms with Gasteiger partial charge in [0, 0.05) is 37.8 Å². The molecule has 126 valence electrons. The van der Waals surface area contributed by atoms with Crippen molar-refractivity contribution in [3.05, 3.63) is 34.1 Å². The second-order valence-corrected chi connectivity index (χ2v) is 5.59. The lowest BCUT2D eigenvalue weighted by molar-refractivity contribution is -0.149. The number of alkyl halides is 3. The second-order valence-electron chi connectivity index (χ2n) is 5.21. The maximum absolute atomic E-state index is 14.1. The molecular weight excluding hydrogens is 343 g/mol. The Morgan fingerprint density at radius 3 is 2.41 bits per heavy atom. The number of hydrogen-bond donors (Lipinski definition) is 1. The maximum Gasteiger partial charge on any atom is 0.390 e. The molecule has 1 heterocycles. The summed E-state index contributed by atoms with van der Waals surface area (Å²) in [5, 5.41) is 3.16. The van der Waals surface area contributed by atoms with Gasteiger partial charge in [0.2, 0.25) is 0 Å². The molecule has 22 heavy (non-hydrogen) atoms. The number of aryl methyl sites for hydroxylation is 1. The Kier molecular flexibility index (Phi) is 6.92.